The van der Waals surface area contributed by atoms with Crippen molar-refractivity contribution < 1.29 is 14.6 Å². The minimum absolute atomic E-state index is 0.218. The second-order valence-corrected chi connectivity index (χ2v) is 3.48. The molecule has 0 aliphatic heterocycles. The zero-order valence-corrected chi connectivity index (χ0v) is 9.58. The highest BCUT2D eigenvalue weighted by atomic mass is 16.5. The molecule has 0 aromatic carbocycles. The number of rotatable bonds is 6. The number of aliphatic hydroxyl groups excluding tert-OH is 1. The van der Waals surface area contributed by atoms with Gasteiger partial charge in [0.05, 0.1) is 13.2 Å². The Labute approximate surface area is 91.8 Å². The lowest BCUT2D eigenvalue weighted by Gasteiger charge is -2.07. The highest BCUT2D eigenvalue weighted by Gasteiger charge is 2.01. The smallest absolute Gasteiger partial charge is 0.384 e. The first-order valence-corrected chi connectivity index (χ1v) is 5.45. The summed E-state index contributed by atoms with van der Waals surface area (Å²) >= 11 is 0. The van der Waals surface area contributed by atoms with E-state index in [0.717, 1.165) is 32.1 Å². The van der Waals surface area contributed by atoms with Gasteiger partial charge in [0, 0.05) is 12.3 Å². The van der Waals surface area contributed by atoms with Crippen molar-refractivity contribution in [1.82, 2.24) is 0 Å². The van der Waals surface area contributed by atoms with Crippen molar-refractivity contribution in [3.05, 3.63) is 0 Å². The second-order valence-electron chi connectivity index (χ2n) is 3.48. The van der Waals surface area contributed by atoms with Crippen molar-refractivity contribution in [2.75, 3.05) is 7.11 Å². The monoisotopic (exact) mass is 212 g/mol. The predicted octanol–water partition coefficient (Wildman–Crippen LogP) is 1.88. The molecule has 1 unspecified atom stereocenters. The average molecular weight is 212 g/mol. The standard InChI is InChI=1S/C12H20O3/c1-3-4-8-11(13)9-6-5-7-10-12(14)15-2/h11,13H,3-6,8-9H2,1-2H3. The van der Waals surface area contributed by atoms with E-state index < -0.39 is 5.97 Å². The van der Waals surface area contributed by atoms with Gasteiger partial charge in [-0.3, -0.25) is 0 Å². The van der Waals surface area contributed by atoms with Crippen LogP contribution in [-0.4, -0.2) is 24.3 Å². The van der Waals surface area contributed by atoms with Crippen molar-refractivity contribution in [2.24, 2.45) is 0 Å². The van der Waals surface area contributed by atoms with Crippen LogP contribution in [0, 0.1) is 11.8 Å². The zero-order valence-electron chi connectivity index (χ0n) is 9.58. The first-order chi connectivity index (χ1) is 7.20. The fourth-order valence-electron chi connectivity index (χ4n) is 1.20. The van der Waals surface area contributed by atoms with Gasteiger partial charge in [0.25, 0.3) is 0 Å². The molecule has 0 bridgehead atoms. The number of esters is 1. The van der Waals surface area contributed by atoms with Gasteiger partial charge in [-0.2, -0.15) is 0 Å². The fraction of sp³-hybridized carbons (Fsp3) is 0.750. The summed E-state index contributed by atoms with van der Waals surface area (Å²) in [5.74, 6) is 4.57. The molecule has 3 heteroatoms. The lowest BCUT2D eigenvalue weighted by atomic mass is 10.1. The second kappa shape index (κ2) is 9.54. The summed E-state index contributed by atoms with van der Waals surface area (Å²) in [4.78, 5) is 10.6. The van der Waals surface area contributed by atoms with Gasteiger partial charge in [-0.1, -0.05) is 25.7 Å². The number of carbonyl (C=O) groups excluding carboxylic acids is 1. The maximum Gasteiger partial charge on any atom is 0.384 e. The topological polar surface area (TPSA) is 46.5 Å². The predicted molar refractivity (Wildman–Crippen MR) is 59.2 cm³/mol. The molecule has 0 saturated heterocycles. The molecule has 0 saturated carbocycles. The van der Waals surface area contributed by atoms with Crippen LogP contribution in [0.4, 0.5) is 0 Å². The third kappa shape index (κ3) is 9.30. The number of ether oxygens (including phenoxy) is 1. The minimum Gasteiger partial charge on any atom is -0.459 e. The molecule has 0 aromatic rings. The third-order valence-electron chi connectivity index (χ3n) is 2.11. The zero-order chi connectivity index (χ0) is 11.5. The molecule has 1 atom stereocenters. The molecule has 0 amide bonds. The van der Waals surface area contributed by atoms with Gasteiger partial charge in [-0.15, -0.1) is 0 Å². The molecule has 0 rings (SSSR count). The largest absolute Gasteiger partial charge is 0.459 e. The number of hydrogen-bond acceptors (Lipinski definition) is 3. The summed E-state index contributed by atoms with van der Waals surface area (Å²) in [5.41, 5.74) is 0. The maximum atomic E-state index is 10.6. The highest BCUT2D eigenvalue weighted by molar-refractivity contribution is 5.88. The van der Waals surface area contributed by atoms with E-state index in [4.69, 9.17) is 0 Å². The average Bonchev–Trinajstić information content (AvgIpc) is 2.25. The SMILES string of the molecule is CCCCC(O)CCCC#CC(=O)OC. The van der Waals surface area contributed by atoms with Crippen LogP contribution in [0.3, 0.4) is 0 Å². The summed E-state index contributed by atoms with van der Waals surface area (Å²) in [6, 6.07) is 0. The van der Waals surface area contributed by atoms with Crippen molar-refractivity contribution >= 4 is 5.97 Å². The lowest BCUT2D eigenvalue weighted by Crippen LogP contribution is -2.05. The molecule has 0 heterocycles. The van der Waals surface area contributed by atoms with E-state index in [9.17, 15) is 9.90 Å². The van der Waals surface area contributed by atoms with E-state index in [-0.39, 0.29) is 6.10 Å². The van der Waals surface area contributed by atoms with Crippen molar-refractivity contribution in [3.63, 3.8) is 0 Å². The molecular weight excluding hydrogens is 192 g/mol. The number of methoxy groups -OCH3 is 1. The van der Waals surface area contributed by atoms with Gasteiger partial charge in [-0.05, 0) is 19.3 Å². The number of carbonyl (C=O) groups is 1. The van der Waals surface area contributed by atoms with Gasteiger partial charge in [0.15, 0.2) is 0 Å². The molecule has 1 N–H and O–H groups in total. The maximum absolute atomic E-state index is 10.6. The first-order valence-electron chi connectivity index (χ1n) is 5.45. The molecular formula is C12H20O3. The Morgan fingerprint density at radius 1 is 1.40 bits per heavy atom. The summed E-state index contributed by atoms with van der Waals surface area (Å²) < 4.78 is 4.37. The fourth-order valence-corrected chi connectivity index (χ4v) is 1.20. The Morgan fingerprint density at radius 3 is 2.67 bits per heavy atom. The third-order valence-corrected chi connectivity index (χ3v) is 2.11. The lowest BCUT2D eigenvalue weighted by molar-refractivity contribution is -0.133. The molecule has 15 heavy (non-hydrogen) atoms. The molecule has 0 fully saturated rings. The Morgan fingerprint density at radius 2 is 2.07 bits per heavy atom. The number of unbranched alkanes of at least 4 members (excludes halogenated alkanes) is 2. The van der Waals surface area contributed by atoms with Crippen LogP contribution in [0.1, 0.15) is 45.4 Å². The first kappa shape index (κ1) is 14.0. The van der Waals surface area contributed by atoms with E-state index >= 15 is 0 Å². The highest BCUT2D eigenvalue weighted by Crippen LogP contribution is 2.07. The molecule has 0 aromatic heterocycles. The normalized spacial score (nSPS) is 11.4. The molecule has 0 aliphatic carbocycles. The minimum atomic E-state index is -0.499. The Hall–Kier alpha value is -1.01. The molecule has 0 radical (unpaired) electrons. The molecule has 86 valence electrons. The van der Waals surface area contributed by atoms with Crippen LogP contribution < -0.4 is 0 Å². The van der Waals surface area contributed by atoms with Gasteiger partial charge in [0.2, 0.25) is 0 Å². The van der Waals surface area contributed by atoms with Crippen LogP contribution in [0.2, 0.25) is 0 Å². The summed E-state index contributed by atoms with van der Waals surface area (Å²) in [6.45, 7) is 2.11. The van der Waals surface area contributed by atoms with Gasteiger partial charge in [0.1, 0.15) is 0 Å². The number of aliphatic hydroxyl groups is 1. The van der Waals surface area contributed by atoms with Gasteiger partial charge in [-0.25, -0.2) is 4.79 Å². The molecule has 0 spiro atoms. The van der Waals surface area contributed by atoms with E-state index in [1.807, 2.05) is 0 Å². The van der Waals surface area contributed by atoms with Crippen molar-refractivity contribution in [2.45, 2.75) is 51.6 Å². The van der Waals surface area contributed by atoms with Gasteiger partial charge < -0.3 is 9.84 Å². The van der Waals surface area contributed by atoms with E-state index in [2.05, 4.69) is 23.5 Å². The Balaban J connectivity index is 3.43. The van der Waals surface area contributed by atoms with Crippen LogP contribution in [0.25, 0.3) is 0 Å². The quantitative estimate of drug-likeness (QED) is 0.316. The summed E-state index contributed by atoms with van der Waals surface area (Å²) in [7, 11) is 1.31. The molecule has 0 aliphatic rings. The molecule has 3 nitrogen and oxygen atoms in total. The van der Waals surface area contributed by atoms with Crippen molar-refractivity contribution in [1.29, 1.82) is 0 Å². The Bertz CT molecular complexity index is 225. The van der Waals surface area contributed by atoms with Crippen LogP contribution in [0.15, 0.2) is 0 Å². The van der Waals surface area contributed by atoms with E-state index in [0.29, 0.717) is 6.42 Å². The Kier molecular flexibility index (Phi) is 8.90. The van der Waals surface area contributed by atoms with E-state index in [1.54, 1.807) is 0 Å². The number of hydrogen-bond donors (Lipinski definition) is 1. The van der Waals surface area contributed by atoms with Crippen molar-refractivity contribution in [3.8, 4) is 11.8 Å². The van der Waals surface area contributed by atoms with Crippen LogP contribution >= 0.6 is 0 Å². The van der Waals surface area contributed by atoms with Crippen LogP contribution in [0.5, 0.6) is 0 Å². The summed E-state index contributed by atoms with van der Waals surface area (Å²) in [6.07, 6.45) is 5.04. The summed E-state index contributed by atoms with van der Waals surface area (Å²) in [5, 5.41) is 9.50. The van der Waals surface area contributed by atoms with Gasteiger partial charge >= 0.3 is 5.97 Å². The van der Waals surface area contributed by atoms with Crippen LogP contribution in [-0.2, 0) is 9.53 Å². The van der Waals surface area contributed by atoms with E-state index in [1.165, 1.54) is 7.11 Å².